The van der Waals surface area contributed by atoms with Gasteiger partial charge in [-0.1, -0.05) is 17.7 Å². The normalized spacial score (nSPS) is 10.3. The highest BCUT2D eigenvalue weighted by molar-refractivity contribution is 6.33. The second-order valence-electron chi connectivity index (χ2n) is 3.85. The number of hydrogen-bond donors (Lipinski definition) is 2. The predicted octanol–water partition coefficient (Wildman–Crippen LogP) is 4.11. The maximum Gasteiger partial charge on any atom is 0.146 e. The molecular weight excluding hydrogens is 239 g/mol. The first-order valence-corrected chi connectivity index (χ1v) is 5.52. The number of halogens is 2. The Morgan fingerprint density at radius 1 is 1.12 bits per heavy atom. The van der Waals surface area contributed by atoms with Crippen molar-refractivity contribution < 1.29 is 4.39 Å². The van der Waals surface area contributed by atoms with Crippen LogP contribution in [-0.4, -0.2) is 0 Å². The van der Waals surface area contributed by atoms with Gasteiger partial charge in [0, 0.05) is 5.69 Å². The smallest absolute Gasteiger partial charge is 0.146 e. The van der Waals surface area contributed by atoms with Crippen molar-refractivity contribution in [1.82, 2.24) is 0 Å². The molecule has 0 aliphatic carbocycles. The van der Waals surface area contributed by atoms with Gasteiger partial charge in [0.1, 0.15) is 5.82 Å². The van der Waals surface area contributed by atoms with Gasteiger partial charge in [0.05, 0.1) is 16.4 Å². The van der Waals surface area contributed by atoms with Crippen LogP contribution in [0, 0.1) is 12.7 Å². The van der Waals surface area contributed by atoms with E-state index in [2.05, 4.69) is 5.32 Å². The number of benzene rings is 2. The molecule has 0 heterocycles. The molecule has 2 nitrogen and oxygen atoms in total. The van der Waals surface area contributed by atoms with E-state index in [1.165, 1.54) is 6.07 Å². The first-order valence-electron chi connectivity index (χ1n) is 5.14. The minimum atomic E-state index is -0.308. The number of nitrogens with two attached hydrogens (primary N) is 1. The highest BCUT2D eigenvalue weighted by Gasteiger charge is 2.05. The average molecular weight is 251 g/mol. The van der Waals surface area contributed by atoms with E-state index < -0.39 is 0 Å². The third-order valence-electron chi connectivity index (χ3n) is 2.39. The van der Waals surface area contributed by atoms with Crippen LogP contribution in [0.5, 0.6) is 0 Å². The van der Waals surface area contributed by atoms with Gasteiger partial charge >= 0.3 is 0 Å². The molecule has 0 unspecified atom stereocenters. The maximum atomic E-state index is 13.6. The summed E-state index contributed by atoms with van der Waals surface area (Å²) in [6, 6.07) is 10.0. The summed E-state index contributed by atoms with van der Waals surface area (Å²) in [5, 5.41) is 3.40. The van der Waals surface area contributed by atoms with Crippen LogP contribution >= 0.6 is 11.6 Å². The molecule has 2 aromatic rings. The van der Waals surface area contributed by atoms with Gasteiger partial charge < -0.3 is 11.1 Å². The zero-order valence-electron chi connectivity index (χ0n) is 9.30. The van der Waals surface area contributed by atoms with Gasteiger partial charge in [-0.2, -0.15) is 0 Å². The molecule has 88 valence electrons. The molecule has 2 rings (SSSR count). The molecule has 0 aliphatic rings. The van der Waals surface area contributed by atoms with E-state index in [4.69, 9.17) is 17.3 Å². The first kappa shape index (κ1) is 11.7. The van der Waals surface area contributed by atoms with Gasteiger partial charge in [-0.25, -0.2) is 4.39 Å². The number of nitrogens with one attached hydrogen (secondary N) is 1. The summed E-state index contributed by atoms with van der Waals surface area (Å²) in [5.74, 6) is -0.308. The van der Waals surface area contributed by atoms with Gasteiger partial charge in [-0.05, 0) is 42.8 Å². The summed E-state index contributed by atoms with van der Waals surface area (Å²) >= 11 is 6.00. The summed E-state index contributed by atoms with van der Waals surface area (Å²) < 4.78 is 13.6. The Bertz CT molecular complexity index is 506. The lowest BCUT2D eigenvalue weighted by molar-refractivity contribution is 0.631. The molecule has 0 atom stereocenters. The summed E-state index contributed by atoms with van der Waals surface area (Å²) in [5.41, 5.74) is 8.05. The monoisotopic (exact) mass is 250 g/mol. The van der Waals surface area contributed by atoms with Gasteiger partial charge in [0.15, 0.2) is 0 Å². The van der Waals surface area contributed by atoms with E-state index in [1.54, 1.807) is 24.3 Å². The van der Waals surface area contributed by atoms with E-state index in [-0.39, 0.29) is 5.82 Å². The molecule has 2 aromatic carbocycles. The Hall–Kier alpha value is -1.74. The van der Waals surface area contributed by atoms with E-state index in [9.17, 15) is 4.39 Å². The molecule has 0 aliphatic heterocycles. The molecule has 0 fully saturated rings. The molecule has 0 aromatic heterocycles. The van der Waals surface area contributed by atoms with Gasteiger partial charge in [0.2, 0.25) is 0 Å². The third kappa shape index (κ3) is 2.68. The zero-order chi connectivity index (χ0) is 12.4. The van der Waals surface area contributed by atoms with Crippen LogP contribution in [-0.2, 0) is 0 Å². The number of hydrogen-bond acceptors (Lipinski definition) is 2. The summed E-state index contributed by atoms with van der Waals surface area (Å²) in [6.07, 6.45) is 0. The molecule has 3 N–H and O–H groups in total. The minimum absolute atomic E-state index is 0.308. The lowest BCUT2D eigenvalue weighted by Gasteiger charge is -2.10. The second-order valence-corrected chi connectivity index (χ2v) is 4.25. The molecule has 4 heteroatoms. The van der Waals surface area contributed by atoms with Crippen molar-refractivity contribution in [2.75, 3.05) is 11.1 Å². The fraction of sp³-hybridized carbons (Fsp3) is 0.0769. The SMILES string of the molecule is Cc1ccc(Nc2ccc(N)cc2Cl)c(F)c1. The standard InChI is InChI=1S/C13H12ClFN2/c1-8-2-4-13(11(15)6-8)17-12-5-3-9(16)7-10(12)14/h2-7,17H,16H2,1H3. The number of rotatable bonds is 2. The second kappa shape index (κ2) is 4.63. The molecule has 0 amide bonds. The van der Waals surface area contributed by atoms with Crippen LogP contribution < -0.4 is 11.1 Å². The largest absolute Gasteiger partial charge is 0.399 e. The van der Waals surface area contributed by atoms with E-state index >= 15 is 0 Å². The van der Waals surface area contributed by atoms with Crippen molar-refractivity contribution in [2.45, 2.75) is 6.92 Å². The molecule has 0 bridgehead atoms. The highest BCUT2D eigenvalue weighted by atomic mass is 35.5. The van der Waals surface area contributed by atoms with Crippen molar-refractivity contribution >= 4 is 28.7 Å². The fourth-order valence-corrected chi connectivity index (χ4v) is 1.74. The van der Waals surface area contributed by atoms with Crippen molar-refractivity contribution in [3.8, 4) is 0 Å². The fourth-order valence-electron chi connectivity index (χ4n) is 1.50. The van der Waals surface area contributed by atoms with Crippen molar-refractivity contribution in [1.29, 1.82) is 0 Å². The lowest BCUT2D eigenvalue weighted by atomic mass is 10.2. The average Bonchev–Trinajstić information content (AvgIpc) is 2.25. The maximum absolute atomic E-state index is 13.6. The number of anilines is 3. The first-order chi connectivity index (χ1) is 8.06. The van der Waals surface area contributed by atoms with Crippen molar-refractivity contribution in [2.24, 2.45) is 0 Å². The van der Waals surface area contributed by atoms with Crippen molar-refractivity contribution in [3.63, 3.8) is 0 Å². The Labute approximate surface area is 104 Å². The van der Waals surface area contributed by atoms with Crippen LogP contribution in [0.4, 0.5) is 21.5 Å². The van der Waals surface area contributed by atoms with E-state index in [1.807, 2.05) is 13.0 Å². The van der Waals surface area contributed by atoms with Crippen LogP contribution in [0.1, 0.15) is 5.56 Å². The Kier molecular flexibility index (Phi) is 3.20. The molecule has 0 radical (unpaired) electrons. The highest BCUT2D eigenvalue weighted by Crippen LogP contribution is 2.28. The Morgan fingerprint density at radius 3 is 2.47 bits per heavy atom. The Morgan fingerprint density at radius 2 is 1.82 bits per heavy atom. The molecule has 17 heavy (non-hydrogen) atoms. The number of nitrogen functional groups attached to an aromatic ring is 1. The third-order valence-corrected chi connectivity index (χ3v) is 2.70. The quantitative estimate of drug-likeness (QED) is 0.787. The molecular formula is C13H12ClFN2. The molecule has 0 saturated heterocycles. The summed E-state index contributed by atoms with van der Waals surface area (Å²) in [6.45, 7) is 1.84. The number of aryl methyl sites for hydroxylation is 1. The van der Waals surface area contributed by atoms with E-state index in [0.717, 1.165) is 5.56 Å². The van der Waals surface area contributed by atoms with Gasteiger partial charge in [-0.15, -0.1) is 0 Å². The van der Waals surface area contributed by atoms with Crippen molar-refractivity contribution in [3.05, 3.63) is 52.8 Å². The lowest BCUT2D eigenvalue weighted by Crippen LogP contribution is -1.95. The summed E-state index contributed by atoms with van der Waals surface area (Å²) in [4.78, 5) is 0. The Balaban J connectivity index is 2.31. The topological polar surface area (TPSA) is 38.0 Å². The molecule has 0 spiro atoms. The van der Waals surface area contributed by atoms with Crippen LogP contribution in [0.15, 0.2) is 36.4 Å². The summed E-state index contributed by atoms with van der Waals surface area (Å²) in [7, 11) is 0. The predicted molar refractivity (Wildman–Crippen MR) is 70.3 cm³/mol. The zero-order valence-corrected chi connectivity index (χ0v) is 10.1. The van der Waals surface area contributed by atoms with E-state index in [0.29, 0.717) is 22.1 Å². The molecule has 0 saturated carbocycles. The van der Waals surface area contributed by atoms with Crippen LogP contribution in [0.2, 0.25) is 5.02 Å². The van der Waals surface area contributed by atoms with Gasteiger partial charge in [-0.3, -0.25) is 0 Å². The van der Waals surface area contributed by atoms with Crippen LogP contribution in [0.3, 0.4) is 0 Å². The van der Waals surface area contributed by atoms with Crippen LogP contribution in [0.25, 0.3) is 0 Å². The minimum Gasteiger partial charge on any atom is -0.399 e. The van der Waals surface area contributed by atoms with Gasteiger partial charge in [0.25, 0.3) is 0 Å².